The summed E-state index contributed by atoms with van der Waals surface area (Å²) < 4.78 is 6.11. The van der Waals surface area contributed by atoms with E-state index >= 15 is 0 Å². The summed E-state index contributed by atoms with van der Waals surface area (Å²) in [6.07, 6.45) is 4.49. The maximum Gasteiger partial charge on any atom is 0.319 e. The Labute approximate surface area is 120 Å². The summed E-state index contributed by atoms with van der Waals surface area (Å²) in [6.45, 7) is 16.6. The van der Waals surface area contributed by atoms with Gasteiger partial charge in [0.15, 0.2) is 0 Å². The average molecular weight is 285 g/mol. The molecule has 2 unspecified atom stereocenters. The Morgan fingerprint density at radius 2 is 1.63 bits per heavy atom. The molecule has 0 aromatic heterocycles. The fourth-order valence-electron chi connectivity index (χ4n) is 2.63. The molecule has 2 nitrogen and oxygen atoms in total. The lowest BCUT2D eigenvalue weighted by molar-refractivity contribution is -0.131. The third-order valence-corrected chi connectivity index (χ3v) is 10.3. The molecule has 0 fully saturated rings. The van der Waals surface area contributed by atoms with Gasteiger partial charge in [0.05, 0.1) is 0 Å². The van der Waals surface area contributed by atoms with Crippen LogP contribution in [0.2, 0.25) is 17.1 Å². The number of hydrogen-bond donors (Lipinski definition) is 0. The molecule has 0 aromatic carbocycles. The molecule has 3 heteroatoms. The van der Waals surface area contributed by atoms with Crippen LogP contribution in [0.25, 0.3) is 0 Å². The van der Waals surface area contributed by atoms with E-state index in [0.29, 0.717) is 16.7 Å². The second-order valence-corrected chi connectivity index (χ2v) is 10.4. The molecule has 0 bridgehead atoms. The van der Waals surface area contributed by atoms with Crippen molar-refractivity contribution in [2.45, 2.75) is 84.4 Å². The zero-order valence-electron chi connectivity index (χ0n) is 13.7. The predicted molar refractivity (Wildman–Crippen MR) is 85.8 cm³/mol. The molecule has 0 spiro atoms. The first kappa shape index (κ1) is 18.4. The first-order valence-corrected chi connectivity index (χ1v) is 10.0. The molecule has 0 saturated heterocycles. The van der Waals surface area contributed by atoms with Crippen molar-refractivity contribution in [1.82, 2.24) is 0 Å². The third kappa shape index (κ3) is 4.79. The van der Waals surface area contributed by atoms with Crippen molar-refractivity contribution < 1.29 is 9.22 Å². The van der Waals surface area contributed by atoms with Crippen molar-refractivity contribution in [3.05, 3.63) is 12.2 Å². The summed E-state index contributed by atoms with van der Waals surface area (Å²) in [5, 5.41) is 0. The Balaban J connectivity index is 5.33. The zero-order chi connectivity index (χ0) is 15.1. The lowest BCUT2D eigenvalue weighted by Crippen LogP contribution is -2.48. The molecule has 2 atom stereocenters. The van der Waals surface area contributed by atoms with Crippen molar-refractivity contribution in [3.8, 4) is 0 Å². The minimum Gasteiger partial charge on any atom is -0.515 e. The predicted octanol–water partition coefficient (Wildman–Crippen LogP) is 5.45. The van der Waals surface area contributed by atoms with Crippen molar-refractivity contribution in [2.75, 3.05) is 0 Å². The van der Waals surface area contributed by atoms with E-state index in [4.69, 9.17) is 4.43 Å². The van der Waals surface area contributed by atoms with E-state index < -0.39 is 8.32 Å². The van der Waals surface area contributed by atoms with Gasteiger partial charge in [0.25, 0.3) is 8.32 Å². The maximum absolute atomic E-state index is 12.1. The minimum absolute atomic E-state index is 0.177. The Morgan fingerprint density at radius 3 is 1.95 bits per heavy atom. The highest BCUT2D eigenvalue weighted by Crippen LogP contribution is 2.42. The summed E-state index contributed by atoms with van der Waals surface area (Å²) in [5.74, 6) is -0.177. The SMILES string of the molecule is C=C(C)C(=O)O[Si](CCCC)(C(C)CC)C(C)CC. The van der Waals surface area contributed by atoms with Gasteiger partial charge < -0.3 is 4.43 Å². The molecule has 0 heterocycles. The number of rotatable bonds is 9. The van der Waals surface area contributed by atoms with Crippen LogP contribution in [0, 0.1) is 0 Å². The summed E-state index contributed by atoms with van der Waals surface area (Å²) in [4.78, 5) is 12.1. The average Bonchev–Trinajstić information content (AvgIpc) is 2.41. The molecule has 19 heavy (non-hydrogen) atoms. The molecule has 0 amide bonds. The lowest BCUT2D eigenvalue weighted by atomic mass is 10.3. The summed E-state index contributed by atoms with van der Waals surface area (Å²) in [5.41, 5.74) is 1.55. The van der Waals surface area contributed by atoms with E-state index in [2.05, 4.69) is 41.2 Å². The minimum atomic E-state index is -2.06. The van der Waals surface area contributed by atoms with Gasteiger partial charge in [0, 0.05) is 5.57 Å². The number of unbranched alkanes of at least 4 members (excludes halogenated alkanes) is 1. The smallest absolute Gasteiger partial charge is 0.319 e. The number of carbonyl (C=O) groups excluding carboxylic acids is 1. The largest absolute Gasteiger partial charge is 0.515 e. The van der Waals surface area contributed by atoms with Crippen LogP contribution in [0.4, 0.5) is 0 Å². The monoisotopic (exact) mass is 284 g/mol. The van der Waals surface area contributed by atoms with Crippen LogP contribution in [0.5, 0.6) is 0 Å². The van der Waals surface area contributed by atoms with Gasteiger partial charge in [-0.3, -0.25) is 0 Å². The zero-order valence-corrected chi connectivity index (χ0v) is 14.7. The van der Waals surface area contributed by atoms with E-state index in [1.165, 1.54) is 0 Å². The molecule has 0 rings (SSSR count). The molecule has 0 aliphatic heterocycles. The first-order valence-electron chi connectivity index (χ1n) is 7.74. The van der Waals surface area contributed by atoms with Gasteiger partial charge in [-0.15, -0.1) is 0 Å². The molecular formula is C16H32O2Si. The summed E-state index contributed by atoms with van der Waals surface area (Å²) in [6, 6.07) is 1.09. The van der Waals surface area contributed by atoms with Gasteiger partial charge in [0.1, 0.15) is 0 Å². The van der Waals surface area contributed by atoms with Crippen LogP contribution in [0.1, 0.15) is 67.2 Å². The fourth-order valence-corrected chi connectivity index (χ4v) is 7.90. The molecule has 0 radical (unpaired) electrons. The highest BCUT2D eigenvalue weighted by molar-refractivity contribution is 6.78. The lowest BCUT2D eigenvalue weighted by Gasteiger charge is -2.40. The van der Waals surface area contributed by atoms with Gasteiger partial charge in [-0.25, -0.2) is 4.79 Å². The Bertz CT molecular complexity index is 289. The molecule has 0 aliphatic carbocycles. The fraction of sp³-hybridized carbons (Fsp3) is 0.812. The quantitative estimate of drug-likeness (QED) is 0.415. The molecule has 0 saturated carbocycles. The second kappa shape index (κ2) is 8.57. The molecular weight excluding hydrogens is 252 g/mol. The molecule has 0 aromatic rings. The van der Waals surface area contributed by atoms with Gasteiger partial charge in [-0.1, -0.05) is 66.9 Å². The highest BCUT2D eigenvalue weighted by Gasteiger charge is 2.46. The van der Waals surface area contributed by atoms with Crippen LogP contribution in [-0.2, 0) is 9.22 Å². The standard InChI is InChI=1S/C16H32O2Si/c1-8-11-12-19(14(6)9-2,15(7)10-3)18-16(17)13(4)5/h14-15H,4,8-12H2,1-3,5-7H3. The van der Waals surface area contributed by atoms with Gasteiger partial charge in [-0.2, -0.15) is 0 Å². The Kier molecular flexibility index (Phi) is 8.31. The number of hydrogen-bond acceptors (Lipinski definition) is 2. The van der Waals surface area contributed by atoms with E-state index in [9.17, 15) is 4.79 Å². The van der Waals surface area contributed by atoms with Crippen LogP contribution in [0.3, 0.4) is 0 Å². The molecule has 112 valence electrons. The van der Waals surface area contributed by atoms with Crippen molar-refractivity contribution in [3.63, 3.8) is 0 Å². The van der Waals surface area contributed by atoms with E-state index in [1.54, 1.807) is 6.92 Å². The first-order chi connectivity index (χ1) is 8.85. The van der Waals surface area contributed by atoms with Gasteiger partial charge in [0.2, 0.25) is 0 Å². The van der Waals surface area contributed by atoms with Crippen molar-refractivity contribution in [2.24, 2.45) is 0 Å². The maximum atomic E-state index is 12.1. The van der Waals surface area contributed by atoms with Gasteiger partial charge >= 0.3 is 5.97 Å². The van der Waals surface area contributed by atoms with Gasteiger partial charge in [-0.05, 0) is 24.1 Å². The van der Waals surface area contributed by atoms with Crippen LogP contribution in [0.15, 0.2) is 12.2 Å². The molecule has 0 aliphatic rings. The van der Waals surface area contributed by atoms with E-state index in [1.807, 2.05) is 0 Å². The number of carbonyl (C=O) groups is 1. The Morgan fingerprint density at radius 1 is 1.16 bits per heavy atom. The topological polar surface area (TPSA) is 26.3 Å². The summed E-state index contributed by atoms with van der Waals surface area (Å²) in [7, 11) is -2.06. The van der Waals surface area contributed by atoms with Crippen molar-refractivity contribution >= 4 is 14.3 Å². The highest BCUT2D eigenvalue weighted by atomic mass is 28.4. The summed E-state index contributed by atoms with van der Waals surface area (Å²) >= 11 is 0. The normalized spacial score (nSPS) is 17.4. The van der Waals surface area contributed by atoms with Crippen molar-refractivity contribution in [1.29, 1.82) is 0 Å². The van der Waals surface area contributed by atoms with Crippen LogP contribution in [-0.4, -0.2) is 14.3 Å². The van der Waals surface area contributed by atoms with Crippen LogP contribution >= 0.6 is 0 Å². The van der Waals surface area contributed by atoms with Crippen LogP contribution < -0.4 is 0 Å². The van der Waals surface area contributed by atoms with E-state index in [0.717, 1.165) is 31.7 Å². The Hall–Kier alpha value is -0.573. The second-order valence-electron chi connectivity index (χ2n) is 5.85. The van der Waals surface area contributed by atoms with E-state index in [-0.39, 0.29) is 5.97 Å². The molecule has 0 N–H and O–H groups in total. The third-order valence-electron chi connectivity index (χ3n) is 4.45.